The molecule has 204 valence electrons. The van der Waals surface area contributed by atoms with Gasteiger partial charge in [-0.25, -0.2) is 13.4 Å². The second kappa shape index (κ2) is 11.6. The molecule has 1 aromatic heterocycles. The SMILES string of the molecule is CC(=O)N1CC(=O)N/C(=C\c2ncn(CCCN3CCN(S(=O)(=O)c4ccccc4)CC3)c2C(C)C)C1=O. The first-order valence-corrected chi connectivity index (χ1v) is 14.2. The Morgan fingerprint density at radius 3 is 2.39 bits per heavy atom. The number of nitrogens with zero attached hydrogens (tertiary/aromatic N) is 5. The summed E-state index contributed by atoms with van der Waals surface area (Å²) in [5, 5.41) is 2.56. The molecule has 12 heteroatoms. The first-order chi connectivity index (χ1) is 18.1. The molecule has 0 radical (unpaired) electrons. The number of hydrogen-bond donors (Lipinski definition) is 1. The highest BCUT2D eigenvalue weighted by Crippen LogP contribution is 2.23. The Kier molecular flexibility index (Phi) is 8.44. The maximum Gasteiger partial charge on any atom is 0.277 e. The summed E-state index contributed by atoms with van der Waals surface area (Å²) in [6.45, 7) is 8.78. The van der Waals surface area contributed by atoms with Crippen LogP contribution in [0.1, 0.15) is 44.5 Å². The molecule has 0 atom stereocenters. The maximum atomic E-state index is 12.9. The van der Waals surface area contributed by atoms with E-state index in [9.17, 15) is 22.8 Å². The van der Waals surface area contributed by atoms with Gasteiger partial charge in [-0.15, -0.1) is 0 Å². The zero-order valence-corrected chi connectivity index (χ0v) is 22.8. The van der Waals surface area contributed by atoms with Crippen LogP contribution in [0.5, 0.6) is 0 Å². The van der Waals surface area contributed by atoms with Gasteiger partial charge >= 0.3 is 0 Å². The Bertz CT molecular complexity index is 1330. The van der Waals surface area contributed by atoms with Gasteiger partial charge in [-0.05, 0) is 37.1 Å². The number of carbonyl (C=O) groups excluding carboxylic acids is 3. The van der Waals surface area contributed by atoms with Crippen molar-refractivity contribution in [3.05, 3.63) is 53.7 Å². The molecular weight excluding hydrogens is 508 g/mol. The lowest BCUT2D eigenvalue weighted by Gasteiger charge is -2.34. The monoisotopic (exact) mass is 542 g/mol. The van der Waals surface area contributed by atoms with E-state index >= 15 is 0 Å². The predicted octanol–water partition coefficient (Wildman–Crippen LogP) is 1.25. The van der Waals surface area contributed by atoms with E-state index in [0.29, 0.717) is 43.3 Å². The normalized spacial score (nSPS) is 18.8. The van der Waals surface area contributed by atoms with Crippen molar-refractivity contribution in [1.29, 1.82) is 0 Å². The van der Waals surface area contributed by atoms with Crippen molar-refractivity contribution in [3.8, 4) is 0 Å². The molecule has 3 heterocycles. The molecule has 0 aliphatic carbocycles. The molecule has 1 N–H and O–H groups in total. The van der Waals surface area contributed by atoms with E-state index in [4.69, 9.17) is 0 Å². The highest BCUT2D eigenvalue weighted by molar-refractivity contribution is 7.89. The number of benzene rings is 1. The smallest absolute Gasteiger partial charge is 0.277 e. The number of sulfonamides is 1. The topological polar surface area (TPSA) is 125 Å². The standard InChI is InChI=1S/C26H34N6O5S/c1-19(2)25-22(16-23-26(35)32(20(3)33)17-24(34)28-23)27-18-30(25)11-7-10-29-12-14-31(15-13-29)38(36,37)21-8-5-4-6-9-21/h4-6,8-9,16,18-19H,7,10-15,17H2,1-3H3,(H,28,34)/b23-16-. The van der Waals surface area contributed by atoms with Gasteiger partial charge < -0.3 is 14.8 Å². The third-order valence-electron chi connectivity index (χ3n) is 6.75. The zero-order chi connectivity index (χ0) is 27.4. The van der Waals surface area contributed by atoms with Crippen LogP contribution in [0, 0.1) is 0 Å². The summed E-state index contributed by atoms with van der Waals surface area (Å²) in [6, 6.07) is 8.52. The lowest BCUT2D eigenvalue weighted by Crippen LogP contribution is -2.51. The van der Waals surface area contributed by atoms with Gasteiger partial charge in [0.05, 0.1) is 16.9 Å². The summed E-state index contributed by atoms with van der Waals surface area (Å²) >= 11 is 0. The van der Waals surface area contributed by atoms with E-state index in [1.54, 1.807) is 41.0 Å². The van der Waals surface area contributed by atoms with Crippen molar-refractivity contribution in [2.24, 2.45) is 0 Å². The van der Waals surface area contributed by atoms with Crippen LogP contribution in [0.4, 0.5) is 0 Å². The number of nitrogens with one attached hydrogen (secondary N) is 1. The average molecular weight is 543 g/mol. The van der Waals surface area contributed by atoms with Crippen molar-refractivity contribution in [3.63, 3.8) is 0 Å². The molecule has 1 aromatic carbocycles. The van der Waals surface area contributed by atoms with E-state index in [0.717, 1.165) is 23.6 Å². The summed E-state index contributed by atoms with van der Waals surface area (Å²) in [5.41, 5.74) is 1.54. The van der Waals surface area contributed by atoms with Crippen LogP contribution in [-0.4, -0.2) is 89.1 Å². The third kappa shape index (κ3) is 6.03. The van der Waals surface area contributed by atoms with E-state index in [1.165, 1.54) is 13.0 Å². The first kappa shape index (κ1) is 27.7. The molecule has 0 bridgehead atoms. The number of aromatic nitrogens is 2. The minimum Gasteiger partial charge on any atom is -0.334 e. The van der Waals surface area contributed by atoms with Crippen LogP contribution < -0.4 is 5.32 Å². The molecule has 4 rings (SSSR count). The number of carbonyl (C=O) groups is 3. The molecule has 2 aliphatic heterocycles. The molecule has 0 unspecified atom stereocenters. The first-order valence-electron chi connectivity index (χ1n) is 12.7. The maximum absolute atomic E-state index is 12.9. The summed E-state index contributed by atoms with van der Waals surface area (Å²) < 4.78 is 29.3. The molecule has 38 heavy (non-hydrogen) atoms. The van der Waals surface area contributed by atoms with Gasteiger partial charge in [0, 0.05) is 45.3 Å². The lowest BCUT2D eigenvalue weighted by atomic mass is 10.1. The van der Waals surface area contributed by atoms with E-state index in [-0.39, 0.29) is 18.2 Å². The second-order valence-corrected chi connectivity index (χ2v) is 11.7. The van der Waals surface area contributed by atoms with Gasteiger partial charge in [0.15, 0.2) is 0 Å². The average Bonchev–Trinajstić information content (AvgIpc) is 3.29. The minimum atomic E-state index is -3.47. The Morgan fingerprint density at radius 1 is 1.08 bits per heavy atom. The van der Waals surface area contributed by atoms with Crippen molar-refractivity contribution >= 4 is 33.8 Å². The molecule has 0 saturated carbocycles. The molecule has 2 fully saturated rings. The largest absolute Gasteiger partial charge is 0.334 e. The van der Waals surface area contributed by atoms with Crippen LogP contribution in [0.2, 0.25) is 0 Å². The van der Waals surface area contributed by atoms with Crippen LogP contribution in [0.15, 0.2) is 47.3 Å². The van der Waals surface area contributed by atoms with Gasteiger partial charge in [-0.3, -0.25) is 19.3 Å². The highest BCUT2D eigenvalue weighted by Gasteiger charge is 2.31. The van der Waals surface area contributed by atoms with Crippen LogP contribution in [0.25, 0.3) is 6.08 Å². The Labute approximate surface area is 223 Å². The van der Waals surface area contributed by atoms with Gasteiger partial charge in [-0.2, -0.15) is 4.31 Å². The number of amides is 3. The molecule has 2 aliphatic rings. The number of piperazine rings is 2. The van der Waals surface area contributed by atoms with Gasteiger partial charge in [0.1, 0.15) is 12.2 Å². The van der Waals surface area contributed by atoms with E-state index < -0.39 is 27.7 Å². The number of imide groups is 1. The summed E-state index contributed by atoms with van der Waals surface area (Å²) in [6.07, 6.45) is 4.10. The highest BCUT2D eigenvalue weighted by atomic mass is 32.2. The molecule has 2 saturated heterocycles. The van der Waals surface area contributed by atoms with E-state index in [1.807, 2.05) is 18.4 Å². The quantitative estimate of drug-likeness (QED) is 0.498. The number of imidazole rings is 1. The van der Waals surface area contributed by atoms with Gasteiger partial charge in [0.25, 0.3) is 5.91 Å². The third-order valence-corrected chi connectivity index (χ3v) is 8.67. The molecule has 2 aromatic rings. The Hall–Kier alpha value is -3.35. The molecule has 3 amide bonds. The van der Waals surface area contributed by atoms with Crippen molar-refractivity contribution < 1.29 is 22.8 Å². The van der Waals surface area contributed by atoms with Crippen LogP contribution in [-0.2, 0) is 31.0 Å². The molecular formula is C26H34N6O5S. The second-order valence-electron chi connectivity index (χ2n) is 9.79. The summed E-state index contributed by atoms with van der Waals surface area (Å²) in [4.78, 5) is 44.4. The number of hydrogen-bond acceptors (Lipinski definition) is 7. The molecule has 0 spiro atoms. The van der Waals surface area contributed by atoms with Gasteiger partial charge in [0.2, 0.25) is 21.8 Å². The van der Waals surface area contributed by atoms with Crippen LogP contribution >= 0.6 is 0 Å². The fourth-order valence-electron chi connectivity index (χ4n) is 4.82. The lowest BCUT2D eigenvalue weighted by molar-refractivity contribution is -0.147. The van der Waals surface area contributed by atoms with Crippen molar-refractivity contribution in [1.82, 2.24) is 29.0 Å². The fraction of sp³-hybridized carbons (Fsp3) is 0.462. The van der Waals surface area contributed by atoms with Crippen molar-refractivity contribution in [2.45, 2.75) is 44.6 Å². The van der Waals surface area contributed by atoms with E-state index in [2.05, 4.69) is 15.2 Å². The Morgan fingerprint density at radius 2 is 1.76 bits per heavy atom. The number of aryl methyl sites for hydroxylation is 1. The Balaban J connectivity index is 1.36. The van der Waals surface area contributed by atoms with Crippen molar-refractivity contribution in [2.75, 3.05) is 39.3 Å². The van der Waals surface area contributed by atoms with Gasteiger partial charge in [-0.1, -0.05) is 32.0 Å². The molecule has 11 nitrogen and oxygen atoms in total. The zero-order valence-electron chi connectivity index (χ0n) is 22.0. The number of rotatable bonds is 8. The summed E-state index contributed by atoms with van der Waals surface area (Å²) in [7, 11) is -3.47. The fourth-order valence-corrected chi connectivity index (χ4v) is 6.26. The minimum absolute atomic E-state index is 0.0342. The predicted molar refractivity (Wildman–Crippen MR) is 141 cm³/mol. The van der Waals surface area contributed by atoms with Crippen LogP contribution in [0.3, 0.4) is 0 Å². The summed E-state index contributed by atoms with van der Waals surface area (Å²) in [5.74, 6) is -1.35.